The summed E-state index contributed by atoms with van der Waals surface area (Å²) in [5, 5.41) is 2.80. The second-order valence-electron chi connectivity index (χ2n) is 8.74. The Balaban J connectivity index is 1.28. The first kappa shape index (κ1) is 23.4. The number of aryl methyl sites for hydroxylation is 3. The summed E-state index contributed by atoms with van der Waals surface area (Å²) in [5.74, 6) is -0.271. The predicted molar refractivity (Wildman–Crippen MR) is 127 cm³/mol. The fraction of sp³-hybridized carbons (Fsp3) is 0.440. The van der Waals surface area contributed by atoms with Crippen molar-refractivity contribution in [2.75, 3.05) is 32.7 Å². The maximum atomic E-state index is 13.1. The van der Waals surface area contributed by atoms with Crippen LogP contribution in [0.4, 0.5) is 0 Å². The fourth-order valence-corrected chi connectivity index (χ4v) is 6.03. The van der Waals surface area contributed by atoms with E-state index in [4.69, 9.17) is 0 Å². The number of benzene rings is 2. The van der Waals surface area contributed by atoms with Crippen molar-refractivity contribution in [3.8, 4) is 0 Å². The Morgan fingerprint density at radius 1 is 0.939 bits per heavy atom. The average Bonchev–Trinajstić information content (AvgIpc) is 2.84. The van der Waals surface area contributed by atoms with Crippen LogP contribution in [0.15, 0.2) is 47.4 Å². The zero-order valence-electron chi connectivity index (χ0n) is 19.0. The van der Waals surface area contributed by atoms with Gasteiger partial charge in [-0.05, 0) is 67.5 Å². The molecule has 0 atom stereocenters. The van der Waals surface area contributed by atoms with Gasteiger partial charge in [0.25, 0.3) is 5.91 Å². The van der Waals surface area contributed by atoms with Crippen LogP contribution >= 0.6 is 0 Å². The Morgan fingerprint density at radius 2 is 1.64 bits per heavy atom. The molecule has 0 aromatic heterocycles. The Morgan fingerprint density at radius 3 is 2.36 bits per heavy atom. The first-order chi connectivity index (χ1) is 15.9. The molecule has 2 aromatic carbocycles. The van der Waals surface area contributed by atoms with E-state index in [9.17, 15) is 18.0 Å². The number of amides is 2. The first-order valence-electron chi connectivity index (χ1n) is 11.6. The molecule has 0 radical (unpaired) electrons. The van der Waals surface area contributed by atoms with Gasteiger partial charge in [-0.15, -0.1) is 0 Å². The van der Waals surface area contributed by atoms with Gasteiger partial charge in [0.15, 0.2) is 0 Å². The number of piperazine rings is 1. The number of sulfonamides is 1. The van der Waals surface area contributed by atoms with Crippen LogP contribution in [-0.4, -0.2) is 62.2 Å². The fourth-order valence-electron chi connectivity index (χ4n) is 4.56. The van der Waals surface area contributed by atoms with Gasteiger partial charge in [0, 0.05) is 44.7 Å². The lowest BCUT2D eigenvalue weighted by atomic mass is 9.92. The molecule has 1 N–H and O–H groups in total. The van der Waals surface area contributed by atoms with Crippen molar-refractivity contribution in [2.45, 2.75) is 43.9 Å². The zero-order chi connectivity index (χ0) is 23.4. The number of rotatable bonds is 6. The van der Waals surface area contributed by atoms with Crippen LogP contribution in [0.25, 0.3) is 0 Å². The van der Waals surface area contributed by atoms with Crippen LogP contribution in [0.5, 0.6) is 0 Å². The van der Waals surface area contributed by atoms with E-state index in [-0.39, 0.29) is 37.9 Å². The molecule has 2 amide bonds. The highest BCUT2D eigenvalue weighted by atomic mass is 32.2. The number of hydrogen-bond acceptors (Lipinski definition) is 4. The third-order valence-electron chi connectivity index (χ3n) is 6.56. The SMILES string of the molecule is Cc1ccccc1C(=O)NCCC(=O)N1CCN(S(=O)(=O)c2ccc3c(c2)CCCC3)CC1. The number of carbonyl (C=O) groups excluding carboxylic acids is 2. The normalized spacial score (nSPS) is 16.8. The predicted octanol–water partition coefficient (Wildman–Crippen LogP) is 2.53. The molecule has 1 aliphatic carbocycles. The standard InChI is InChI=1S/C25H31N3O4S/c1-19-6-2-5-9-23(19)25(30)26-13-12-24(29)27-14-16-28(17-15-27)33(31,32)22-11-10-20-7-3-4-8-21(20)18-22/h2,5-6,9-11,18H,3-4,7-8,12-17H2,1H3,(H,26,30). The van der Waals surface area contributed by atoms with Crippen molar-refractivity contribution in [3.05, 3.63) is 64.7 Å². The summed E-state index contributed by atoms with van der Waals surface area (Å²) in [6.45, 7) is 3.39. The van der Waals surface area contributed by atoms with Gasteiger partial charge in [-0.2, -0.15) is 4.31 Å². The molecule has 1 aliphatic heterocycles. The van der Waals surface area contributed by atoms with Crippen LogP contribution in [0, 0.1) is 6.92 Å². The van der Waals surface area contributed by atoms with Crippen LogP contribution in [0.1, 0.15) is 46.3 Å². The molecule has 176 valence electrons. The summed E-state index contributed by atoms with van der Waals surface area (Å²) in [5.41, 5.74) is 3.89. The lowest BCUT2D eigenvalue weighted by molar-refractivity contribution is -0.132. The van der Waals surface area contributed by atoms with Gasteiger partial charge in [0.05, 0.1) is 4.90 Å². The highest BCUT2D eigenvalue weighted by Gasteiger charge is 2.30. The van der Waals surface area contributed by atoms with E-state index < -0.39 is 10.0 Å². The minimum atomic E-state index is -3.57. The van der Waals surface area contributed by atoms with E-state index in [0.29, 0.717) is 23.5 Å². The first-order valence-corrected chi connectivity index (χ1v) is 13.0. The summed E-state index contributed by atoms with van der Waals surface area (Å²) in [6.07, 6.45) is 4.39. The van der Waals surface area contributed by atoms with Gasteiger partial charge in [-0.25, -0.2) is 8.42 Å². The number of nitrogens with one attached hydrogen (secondary N) is 1. The Bertz CT molecular complexity index is 1140. The molecular weight excluding hydrogens is 438 g/mol. The molecule has 7 nitrogen and oxygen atoms in total. The molecular formula is C25H31N3O4S. The smallest absolute Gasteiger partial charge is 0.251 e. The van der Waals surface area contributed by atoms with Crippen molar-refractivity contribution in [2.24, 2.45) is 0 Å². The van der Waals surface area contributed by atoms with Crippen LogP contribution in [0.2, 0.25) is 0 Å². The van der Waals surface area contributed by atoms with Gasteiger partial charge < -0.3 is 10.2 Å². The molecule has 8 heteroatoms. The summed E-state index contributed by atoms with van der Waals surface area (Å²) in [7, 11) is -3.57. The van der Waals surface area contributed by atoms with Crippen LogP contribution < -0.4 is 5.32 Å². The quantitative estimate of drug-likeness (QED) is 0.704. The highest BCUT2D eigenvalue weighted by molar-refractivity contribution is 7.89. The molecule has 0 saturated carbocycles. The van der Waals surface area contributed by atoms with E-state index in [1.165, 1.54) is 9.87 Å². The topological polar surface area (TPSA) is 86.8 Å². The van der Waals surface area contributed by atoms with Gasteiger partial charge in [-0.3, -0.25) is 9.59 Å². The van der Waals surface area contributed by atoms with Crippen molar-refractivity contribution >= 4 is 21.8 Å². The van der Waals surface area contributed by atoms with Crippen molar-refractivity contribution in [3.63, 3.8) is 0 Å². The maximum Gasteiger partial charge on any atom is 0.251 e. The number of fused-ring (bicyclic) bond motifs is 1. The third kappa shape index (κ3) is 5.28. The Kier molecular flexibility index (Phi) is 7.14. The van der Waals surface area contributed by atoms with E-state index in [0.717, 1.165) is 36.8 Å². The Labute approximate surface area is 195 Å². The van der Waals surface area contributed by atoms with Crippen LogP contribution in [0.3, 0.4) is 0 Å². The number of hydrogen-bond donors (Lipinski definition) is 1. The maximum absolute atomic E-state index is 13.1. The average molecular weight is 470 g/mol. The van der Waals surface area contributed by atoms with E-state index in [2.05, 4.69) is 5.32 Å². The monoisotopic (exact) mass is 469 g/mol. The van der Waals surface area contributed by atoms with Gasteiger partial charge in [0.2, 0.25) is 15.9 Å². The van der Waals surface area contributed by atoms with Gasteiger partial charge in [0.1, 0.15) is 0 Å². The minimum Gasteiger partial charge on any atom is -0.352 e. The number of nitrogens with zero attached hydrogens (tertiary/aromatic N) is 2. The summed E-state index contributed by atoms with van der Waals surface area (Å²) < 4.78 is 27.7. The lowest BCUT2D eigenvalue weighted by Gasteiger charge is -2.34. The minimum absolute atomic E-state index is 0.0779. The molecule has 1 fully saturated rings. The summed E-state index contributed by atoms with van der Waals surface area (Å²) in [4.78, 5) is 26.9. The highest BCUT2D eigenvalue weighted by Crippen LogP contribution is 2.26. The van der Waals surface area contributed by atoms with E-state index in [1.54, 1.807) is 17.0 Å². The lowest BCUT2D eigenvalue weighted by Crippen LogP contribution is -2.50. The largest absolute Gasteiger partial charge is 0.352 e. The molecule has 1 heterocycles. The van der Waals surface area contributed by atoms with E-state index >= 15 is 0 Å². The summed E-state index contributed by atoms with van der Waals surface area (Å²) >= 11 is 0. The molecule has 2 aromatic rings. The molecule has 4 rings (SSSR count). The molecule has 0 unspecified atom stereocenters. The molecule has 2 aliphatic rings. The molecule has 1 saturated heterocycles. The summed E-state index contributed by atoms with van der Waals surface area (Å²) in [6, 6.07) is 12.8. The van der Waals surface area contributed by atoms with Crippen molar-refractivity contribution < 1.29 is 18.0 Å². The Hall–Kier alpha value is -2.71. The second-order valence-corrected chi connectivity index (χ2v) is 10.7. The van der Waals surface area contributed by atoms with Crippen molar-refractivity contribution in [1.82, 2.24) is 14.5 Å². The third-order valence-corrected chi connectivity index (χ3v) is 8.46. The van der Waals surface area contributed by atoms with Crippen molar-refractivity contribution in [1.29, 1.82) is 0 Å². The van der Waals surface area contributed by atoms with Gasteiger partial charge in [-0.1, -0.05) is 24.3 Å². The van der Waals surface area contributed by atoms with Crippen LogP contribution in [-0.2, 0) is 27.7 Å². The molecule has 0 spiro atoms. The van der Waals surface area contributed by atoms with E-state index in [1.807, 2.05) is 37.3 Å². The molecule has 0 bridgehead atoms. The molecule has 33 heavy (non-hydrogen) atoms. The second kappa shape index (κ2) is 10.1. The zero-order valence-corrected chi connectivity index (χ0v) is 19.9. The van der Waals surface area contributed by atoms with Gasteiger partial charge >= 0.3 is 0 Å². The number of carbonyl (C=O) groups is 2.